The van der Waals surface area contributed by atoms with Crippen LogP contribution in [0.5, 0.6) is 0 Å². The summed E-state index contributed by atoms with van der Waals surface area (Å²) < 4.78 is 11.3. The van der Waals surface area contributed by atoms with Gasteiger partial charge in [-0.3, -0.25) is 4.57 Å². The standard InChI is InChI=1S/C46H24N4O/c1-2-10-27-24-28(17-16-25(27)8-1)43-32-19-18-26-9-3-4-11-29(26)44(32)48-46(47-43)50-35-15-7-14-34-39(35)40-36(50)21-23-37-41(40)42-38(51-37)22-20-31-30-12-5-6-13-33(30)49(34)45(31)42/h1-24H. The van der Waals surface area contributed by atoms with E-state index in [4.69, 9.17) is 14.4 Å². The normalized spacial score (nSPS) is 12.7. The number of fused-ring (bicyclic) bond motifs is 8. The van der Waals surface area contributed by atoms with Gasteiger partial charge in [0.05, 0.1) is 44.2 Å². The first kappa shape index (κ1) is 26.0. The van der Waals surface area contributed by atoms with Crippen molar-refractivity contribution in [2.45, 2.75) is 0 Å². The van der Waals surface area contributed by atoms with Crippen molar-refractivity contribution in [1.29, 1.82) is 0 Å². The number of rotatable bonds is 2. The maximum absolute atomic E-state index is 6.62. The monoisotopic (exact) mass is 648 g/mol. The average Bonchev–Trinajstić information content (AvgIpc) is 3.81. The lowest BCUT2D eigenvalue weighted by molar-refractivity contribution is 0.669. The Morgan fingerprint density at radius 1 is 0.431 bits per heavy atom. The van der Waals surface area contributed by atoms with E-state index in [0.29, 0.717) is 5.95 Å². The fraction of sp³-hybridized carbons (Fsp3) is 0. The molecule has 0 unspecified atom stereocenters. The molecule has 0 fully saturated rings. The van der Waals surface area contributed by atoms with Crippen LogP contribution in [-0.2, 0) is 0 Å². The lowest BCUT2D eigenvalue weighted by Gasteiger charge is -2.14. The van der Waals surface area contributed by atoms with Crippen LogP contribution in [0.1, 0.15) is 0 Å². The molecule has 5 heterocycles. The Kier molecular flexibility index (Phi) is 4.57. The molecule has 51 heavy (non-hydrogen) atoms. The molecule has 13 rings (SSSR count). The van der Waals surface area contributed by atoms with Gasteiger partial charge in [-0.15, -0.1) is 0 Å². The fourth-order valence-electron chi connectivity index (χ4n) is 9.09. The van der Waals surface area contributed by atoms with Crippen LogP contribution in [0.2, 0.25) is 0 Å². The smallest absolute Gasteiger partial charge is 0.235 e. The van der Waals surface area contributed by atoms with Gasteiger partial charge in [0.25, 0.3) is 0 Å². The van der Waals surface area contributed by atoms with Crippen LogP contribution in [0.25, 0.3) is 121 Å². The second-order valence-corrected chi connectivity index (χ2v) is 13.7. The summed E-state index contributed by atoms with van der Waals surface area (Å²) in [5.41, 5.74) is 10.4. The molecule has 0 saturated heterocycles. The first-order valence-electron chi connectivity index (χ1n) is 17.3. The van der Waals surface area contributed by atoms with Crippen LogP contribution in [0.3, 0.4) is 0 Å². The van der Waals surface area contributed by atoms with Crippen LogP contribution < -0.4 is 0 Å². The van der Waals surface area contributed by atoms with Gasteiger partial charge in [0.2, 0.25) is 5.95 Å². The van der Waals surface area contributed by atoms with Crippen molar-refractivity contribution in [3.05, 3.63) is 146 Å². The minimum absolute atomic E-state index is 0.648. The minimum atomic E-state index is 0.648. The quantitative estimate of drug-likeness (QED) is 0.175. The summed E-state index contributed by atoms with van der Waals surface area (Å²) in [7, 11) is 0. The van der Waals surface area contributed by atoms with Gasteiger partial charge in [-0.1, -0.05) is 91.0 Å². The summed E-state index contributed by atoms with van der Waals surface area (Å²) in [5.74, 6) is 0.648. The molecule has 0 saturated carbocycles. The van der Waals surface area contributed by atoms with Gasteiger partial charge < -0.3 is 8.82 Å². The van der Waals surface area contributed by atoms with Crippen molar-refractivity contribution in [2.75, 3.05) is 0 Å². The third kappa shape index (κ3) is 3.13. The molecule has 0 aliphatic carbocycles. The Hall–Kier alpha value is -6.98. The molecule has 234 valence electrons. The van der Waals surface area contributed by atoms with Crippen molar-refractivity contribution in [2.24, 2.45) is 0 Å². The zero-order valence-corrected chi connectivity index (χ0v) is 27.1. The minimum Gasteiger partial charge on any atom is -0.456 e. The molecular formula is C46H24N4O. The van der Waals surface area contributed by atoms with Crippen LogP contribution in [-0.4, -0.2) is 18.9 Å². The number of hydrogen-bond acceptors (Lipinski definition) is 3. The Morgan fingerprint density at radius 3 is 2.08 bits per heavy atom. The zero-order chi connectivity index (χ0) is 32.9. The highest BCUT2D eigenvalue weighted by molar-refractivity contribution is 6.37. The molecule has 0 aliphatic heterocycles. The molecule has 13 aromatic rings. The highest BCUT2D eigenvalue weighted by atomic mass is 16.3. The van der Waals surface area contributed by atoms with Crippen molar-refractivity contribution in [3.63, 3.8) is 0 Å². The van der Waals surface area contributed by atoms with Gasteiger partial charge in [-0.2, -0.15) is 0 Å². The van der Waals surface area contributed by atoms with E-state index < -0.39 is 0 Å². The van der Waals surface area contributed by atoms with Crippen LogP contribution in [0, 0.1) is 0 Å². The van der Waals surface area contributed by atoms with E-state index in [1.165, 1.54) is 43.4 Å². The Balaban J connectivity index is 1.24. The summed E-state index contributed by atoms with van der Waals surface area (Å²) in [6.45, 7) is 0. The number of benzene rings is 8. The zero-order valence-electron chi connectivity index (χ0n) is 27.1. The Bertz CT molecular complexity index is 3600. The lowest BCUT2D eigenvalue weighted by Crippen LogP contribution is -2.04. The van der Waals surface area contributed by atoms with Crippen LogP contribution in [0.15, 0.2) is 150 Å². The van der Waals surface area contributed by atoms with Gasteiger partial charge in [0.1, 0.15) is 11.2 Å². The van der Waals surface area contributed by atoms with E-state index in [-0.39, 0.29) is 0 Å². The molecule has 0 atom stereocenters. The molecule has 0 spiro atoms. The van der Waals surface area contributed by atoms with E-state index in [1.54, 1.807) is 0 Å². The van der Waals surface area contributed by atoms with E-state index in [0.717, 1.165) is 71.4 Å². The van der Waals surface area contributed by atoms with E-state index in [1.807, 2.05) is 0 Å². The van der Waals surface area contributed by atoms with Crippen LogP contribution >= 0.6 is 0 Å². The van der Waals surface area contributed by atoms with Crippen molar-refractivity contribution < 1.29 is 4.42 Å². The number of furan rings is 1. The largest absolute Gasteiger partial charge is 0.456 e. The molecule has 0 aliphatic rings. The number of aromatic nitrogens is 4. The fourth-order valence-corrected chi connectivity index (χ4v) is 9.09. The van der Waals surface area contributed by atoms with Gasteiger partial charge in [0, 0.05) is 43.3 Å². The van der Waals surface area contributed by atoms with Gasteiger partial charge >= 0.3 is 0 Å². The SMILES string of the molecule is c1ccc2cc(-c3nc(-n4c5ccc6oc7ccc8c9ccccc9n9c%10cccc4c%10c5c6c7c89)nc4c3ccc3ccccc34)ccc2c1. The predicted octanol–water partition coefficient (Wildman–Crippen LogP) is 12.0. The molecule has 5 aromatic heterocycles. The second-order valence-electron chi connectivity index (χ2n) is 13.7. The molecule has 8 aromatic carbocycles. The molecule has 0 N–H and O–H groups in total. The van der Waals surface area contributed by atoms with Crippen molar-refractivity contribution in [1.82, 2.24) is 18.9 Å². The third-order valence-electron chi connectivity index (χ3n) is 11.2. The highest BCUT2D eigenvalue weighted by Crippen LogP contribution is 2.48. The van der Waals surface area contributed by atoms with Crippen LogP contribution in [0.4, 0.5) is 0 Å². The summed E-state index contributed by atoms with van der Waals surface area (Å²) in [5, 5.41) is 12.8. The second kappa shape index (κ2) is 8.97. The summed E-state index contributed by atoms with van der Waals surface area (Å²) in [6, 6.07) is 52.1. The van der Waals surface area contributed by atoms with Crippen molar-refractivity contribution >= 4 is 104 Å². The van der Waals surface area contributed by atoms with Gasteiger partial charge in [-0.25, -0.2) is 9.97 Å². The molecule has 0 amide bonds. The molecular weight excluding hydrogens is 625 g/mol. The summed E-state index contributed by atoms with van der Waals surface area (Å²) >= 11 is 0. The number of para-hydroxylation sites is 1. The Labute approximate surface area is 288 Å². The van der Waals surface area contributed by atoms with Gasteiger partial charge in [0.15, 0.2) is 0 Å². The summed E-state index contributed by atoms with van der Waals surface area (Å²) in [6.07, 6.45) is 0. The summed E-state index contributed by atoms with van der Waals surface area (Å²) in [4.78, 5) is 11.0. The highest BCUT2D eigenvalue weighted by Gasteiger charge is 2.27. The molecule has 0 bridgehead atoms. The first-order chi connectivity index (χ1) is 25.3. The lowest BCUT2D eigenvalue weighted by atomic mass is 10.00. The third-order valence-corrected chi connectivity index (χ3v) is 11.2. The molecule has 5 heteroatoms. The van der Waals surface area contributed by atoms with E-state index in [2.05, 4.69) is 155 Å². The van der Waals surface area contributed by atoms with Crippen molar-refractivity contribution in [3.8, 4) is 17.2 Å². The molecule has 0 radical (unpaired) electrons. The maximum atomic E-state index is 6.62. The molecule has 5 nitrogen and oxygen atoms in total. The van der Waals surface area contributed by atoms with E-state index >= 15 is 0 Å². The Morgan fingerprint density at radius 2 is 1.14 bits per heavy atom. The first-order valence-corrected chi connectivity index (χ1v) is 17.3. The number of nitrogens with zero attached hydrogens (tertiary/aromatic N) is 4. The predicted molar refractivity (Wildman–Crippen MR) is 210 cm³/mol. The maximum Gasteiger partial charge on any atom is 0.235 e. The number of hydrogen-bond donors (Lipinski definition) is 0. The average molecular weight is 649 g/mol. The van der Waals surface area contributed by atoms with E-state index in [9.17, 15) is 0 Å². The topological polar surface area (TPSA) is 48.3 Å². The van der Waals surface area contributed by atoms with Gasteiger partial charge in [-0.05, 0) is 70.8 Å².